The fourth-order valence-corrected chi connectivity index (χ4v) is 3.35. The Morgan fingerprint density at radius 2 is 2.14 bits per heavy atom. The molecule has 1 aromatic heterocycles. The minimum Gasteiger partial charge on any atom is -0.361 e. The lowest BCUT2D eigenvalue weighted by atomic mass is 10.0. The Morgan fingerprint density at radius 1 is 1.38 bits per heavy atom. The van der Waals surface area contributed by atoms with Crippen LogP contribution in [0.4, 0.5) is 5.69 Å². The van der Waals surface area contributed by atoms with Crippen LogP contribution in [0.1, 0.15) is 11.5 Å². The molecule has 2 N–H and O–H groups in total. The summed E-state index contributed by atoms with van der Waals surface area (Å²) in [6.45, 7) is 3.82. The molecule has 1 fully saturated rings. The lowest BCUT2D eigenvalue weighted by Gasteiger charge is -2.11. The van der Waals surface area contributed by atoms with Crippen LogP contribution >= 0.6 is 11.8 Å². The first kappa shape index (κ1) is 14.2. The van der Waals surface area contributed by atoms with Crippen molar-refractivity contribution < 1.29 is 9.32 Å². The number of anilines is 1. The van der Waals surface area contributed by atoms with Crippen molar-refractivity contribution in [2.75, 3.05) is 16.9 Å². The maximum Gasteiger partial charge on any atom is 0.242 e. The maximum atomic E-state index is 12.0. The van der Waals surface area contributed by atoms with Crippen molar-refractivity contribution >= 4 is 23.4 Å². The van der Waals surface area contributed by atoms with Crippen molar-refractivity contribution in [1.29, 1.82) is 0 Å². The van der Waals surface area contributed by atoms with Gasteiger partial charge in [0, 0.05) is 22.9 Å². The predicted octanol–water partition coefficient (Wildman–Crippen LogP) is 2.56. The molecule has 1 atom stereocenters. The third-order valence-corrected chi connectivity index (χ3v) is 4.45. The molecule has 1 saturated heterocycles. The summed E-state index contributed by atoms with van der Waals surface area (Å²) in [6.07, 6.45) is 0. The van der Waals surface area contributed by atoms with Gasteiger partial charge in [-0.05, 0) is 31.5 Å². The molecule has 0 bridgehead atoms. The number of nitrogens with one attached hydrogen (secondary N) is 2. The summed E-state index contributed by atoms with van der Waals surface area (Å²) in [5.41, 5.74) is 3.73. The van der Waals surface area contributed by atoms with Gasteiger partial charge in [0.15, 0.2) is 0 Å². The fraction of sp³-hybridized carbons (Fsp3) is 0.333. The third-order valence-electron chi connectivity index (χ3n) is 3.51. The quantitative estimate of drug-likeness (QED) is 0.912. The molecule has 1 aliphatic rings. The van der Waals surface area contributed by atoms with E-state index in [1.54, 1.807) is 11.8 Å². The predicted molar refractivity (Wildman–Crippen MR) is 84.3 cm³/mol. The fourth-order valence-electron chi connectivity index (χ4n) is 2.41. The van der Waals surface area contributed by atoms with Gasteiger partial charge in [-0.25, -0.2) is 0 Å². The molecule has 5 nitrogen and oxygen atoms in total. The summed E-state index contributed by atoms with van der Waals surface area (Å²) in [5.74, 6) is 2.48. The van der Waals surface area contributed by atoms with Gasteiger partial charge in [-0.2, -0.15) is 0 Å². The summed E-state index contributed by atoms with van der Waals surface area (Å²) < 4.78 is 5.18. The highest BCUT2D eigenvalue weighted by molar-refractivity contribution is 7.99. The van der Waals surface area contributed by atoms with Gasteiger partial charge in [-0.15, -0.1) is 11.8 Å². The molecule has 0 aliphatic carbocycles. The molecule has 1 amide bonds. The van der Waals surface area contributed by atoms with Gasteiger partial charge in [0.05, 0.1) is 11.7 Å². The molecule has 1 aliphatic heterocycles. The molecule has 0 radical (unpaired) electrons. The number of nitrogens with zero attached hydrogens (tertiary/aromatic N) is 1. The summed E-state index contributed by atoms with van der Waals surface area (Å²) >= 11 is 1.74. The van der Waals surface area contributed by atoms with Crippen LogP contribution in [0.25, 0.3) is 11.1 Å². The molecule has 0 saturated carbocycles. The smallest absolute Gasteiger partial charge is 0.242 e. The standard InChI is InChI=1S/C15H17N3O2S/c1-9-14(10(2)20-18-9)11-3-5-12(6-4-11)17-15(19)13-7-21-8-16-13/h3-6,13,16H,7-8H2,1-2H3,(H,17,19). The Kier molecular flexibility index (Phi) is 3.98. The second kappa shape index (κ2) is 5.91. The molecular formula is C15H17N3O2S. The Labute approximate surface area is 127 Å². The lowest BCUT2D eigenvalue weighted by molar-refractivity contribution is -0.117. The first-order valence-electron chi connectivity index (χ1n) is 6.80. The molecule has 3 rings (SSSR count). The van der Waals surface area contributed by atoms with Crippen LogP contribution in [0.15, 0.2) is 28.8 Å². The first-order valence-corrected chi connectivity index (χ1v) is 7.96. The third kappa shape index (κ3) is 2.96. The van der Waals surface area contributed by atoms with Crippen LogP contribution in [0.2, 0.25) is 0 Å². The van der Waals surface area contributed by atoms with E-state index in [-0.39, 0.29) is 11.9 Å². The SMILES string of the molecule is Cc1noc(C)c1-c1ccc(NC(=O)C2CSCN2)cc1. The maximum absolute atomic E-state index is 12.0. The number of benzene rings is 1. The van der Waals surface area contributed by atoms with E-state index < -0.39 is 0 Å². The van der Waals surface area contributed by atoms with Gasteiger partial charge in [0.2, 0.25) is 5.91 Å². The number of aromatic nitrogens is 1. The van der Waals surface area contributed by atoms with E-state index in [0.29, 0.717) is 0 Å². The molecule has 0 spiro atoms. The van der Waals surface area contributed by atoms with E-state index in [4.69, 9.17) is 4.52 Å². The molecule has 21 heavy (non-hydrogen) atoms. The number of thioether (sulfide) groups is 1. The molecule has 1 aromatic carbocycles. The summed E-state index contributed by atoms with van der Waals surface area (Å²) in [7, 11) is 0. The number of aryl methyl sites for hydroxylation is 2. The van der Waals surface area contributed by atoms with E-state index in [2.05, 4.69) is 15.8 Å². The molecule has 2 aromatic rings. The number of hydrogen-bond donors (Lipinski definition) is 2. The van der Waals surface area contributed by atoms with Crippen LogP contribution in [-0.2, 0) is 4.79 Å². The van der Waals surface area contributed by atoms with Gasteiger partial charge >= 0.3 is 0 Å². The molecule has 2 heterocycles. The Balaban J connectivity index is 1.74. The zero-order valence-corrected chi connectivity index (χ0v) is 12.8. The van der Waals surface area contributed by atoms with Gasteiger partial charge < -0.3 is 9.84 Å². The van der Waals surface area contributed by atoms with Gasteiger partial charge in [-0.1, -0.05) is 17.3 Å². The molecule has 110 valence electrons. The molecule has 1 unspecified atom stereocenters. The lowest BCUT2D eigenvalue weighted by Crippen LogP contribution is -2.37. The van der Waals surface area contributed by atoms with Crippen molar-refractivity contribution in [3.05, 3.63) is 35.7 Å². The topological polar surface area (TPSA) is 67.2 Å². The zero-order chi connectivity index (χ0) is 14.8. The van der Waals surface area contributed by atoms with Crippen molar-refractivity contribution in [2.45, 2.75) is 19.9 Å². The van der Waals surface area contributed by atoms with Crippen molar-refractivity contribution in [1.82, 2.24) is 10.5 Å². The number of hydrogen-bond acceptors (Lipinski definition) is 5. The van der Waals surface area contributed by atoms with E-state index in [1.807, 2.05) is 38.1 Å². The van der Waals surface area contributed by atoms with Crippen molar-refractivity contribution in [2.24, 2.45) is 0 Å². The van der Waals surface area contributed by atoms with Crippen LogP contribution in [-0.4, -0.2) is 28.7 Å². The van der Waals surface area contributed by atoms with E-state index >= 15 is 0 Å². The minimum absolute atomic E-state index is 0.0186. The number of carbonyl (C=O) groups excluding carboxylic acids is 1. The second-order valence-corrected chi connectivity index (χ2v) is 6.07. The minimum atomic E-state index is -0.0998. The highest BCUT2D eigenvalue weighted by Gasteiger charge is 2.22. The molecular weight excluding hydrogens is 286 g/mol. The van der Waals surface area contributed by atoms with E-state index in [0.717, 1.165) is 39.9 Å². The summed E-state index contributed by atoms with van der Waals surface area (Å²) in [5, 5.41) is 10.0. The number of carbonyl (C=O) groups is 1. The molecule has 6 heteroatoms. The Bertz CT molecular complexity index is 626. The van der Waals surface area contributed by atoms with E-state index in [1.165, 1.54) is 0 Å². The Hall–Kier alpha value is -1.79. The average Bonchev–Trinajstić information content (AvgIpc) is 3.11. The van der Waals surface area contributed by atoms with Crippen LogP contribution in [0, 0.1) is 13.8 Å². The van der Waals surface area contributed by atoms with Crippen LogP contribution in [0.5, 0.6) is 0 Å². The van der Waals surface area contributed by atoms with Gasteiger partial charge in [-0.3, -0.25) is 10.1 Å². The highest BCUT2D eigenvalue weighted by atomic mass is 32.2. The van der Waals surface area contributed by atoms with Crippen LogP contribution in [0.3, 0.4) is 0 Å². The van der Waals surface area contributed by atoms with Crippen LogP contribution < -0.4 is 10.6 Å². The van der Waals surface area contributed by atoms with Gasteiger partial charge in [0.1, 0.15) is 5.76 Å². The average molecular weight is 303 g/mol. The number of rotatable bonds is 3. The summed E-state index contributed by atoms with van der Waals surface area (Å²) in [4.78, 5) is 12.0. The summed E-state index contributed by atoms with van der Waals surface area (Å²) in [6, 6.07) is 7.65. The number of amides is 1. The first-order chi connectivity index (χ1) is 10.1. The van der Waals surface area contributed by atoms with Crippen molar-refractivity contribution in [3.8, 4) is 11.1 Å². The zero-order valence-electron chi connectivity index (χ0n) is 12.0. The monoisotopic (exact) mass is 303 g/mol. The Morgan fingerprint density at radius 3 is 2.71 bits per heavy atom. The largest absolute Gasteiger partial charge is 0.361 e. The van der Waals surface area contributed by atoms with Crippen molar-refractivity contribution in [3.63, 3.8) is 0 Å². The second-order valence-electron chi connectivity index (χ2n) is 5.04. The normalized spacial score (nSPS) is 17.9. The van der Waals surface area contributed by atoms with Gasteiger partial charge in [0.25, 0.3) is 0 Å². The van der Waals surface area contributed by atoms with E-state index in [9.17, 15) is 4.79 Å². The highest BCUT2D eigenvalue weighted by Crippen LogP contribution is 2.27.